The molecular formula is C29H29F6N5O2. The predicted molar refractivity (Wildman–Crippen MR) is 141 cm³/mol. The molecule has 7 nitrogen and oxygen atoms in total. The zero-order valence-corrected chi connectivity index (χ0v) is 22.9. The van der Waals surface area contributed by atoms with Crippen LogP contribution in [0.25, 0.3) is 0 Å². The lowest BCUT2D eigenvalue weighted by molar-refractivity contribution is -0.146. The van der Waals surface area contributed by atoms with Gasteiger partial charge < -0.3 is 19.3 Å². The van der Waals surface area contributed by atoms with Gasteiger partial charge in [-0.2, -0.15) is 26.3 Å². The zero-order valence-electron chi connectivity index (χ0n) is 22.9. The number of alkyl halides is 6. The van der Waals surface area contributed by atoms with Crippen LogP contribution >= 0.6 is 0 Å². The van der Waals surface area contributed by atoms with Gasteiger partial charge in [-0.1, -0.05) is 26.0 Å². The molecule has 2 aromatic carbocycles. The molecule has 0 aliphatic carbocycles. The number of piperazine rings is 1. The molecule has 0 N–H and O–H groups in total. The number of aryl methyl sites for hydroxylation is 1. The van der Waals surface area contributed by atoms with E-state index in [2.05, 4.69) is 4.98 Å². The number of nitrogens with zero attached hydrogens (tertiary/aromatic N) is 5. The van der Waals surface area contributed by atoms with Crippen molar-refractivity contribution >= 4 is 17.5 Å². The van der Waals surface area contributed by atoms with Gasteiger partial charge in [-0.15, -0.1) is 0 Å². The Hall–Kier alpha value is -4.03. The molecule has 3 aromatic rings. The van der Waals surface area contributed by atoms with Crippen molar-refractivity contribution < 1.29 is 35.9 Å². The van der Waals surface area contributed by atoms with Crippen LogP contribution in [0.1, 0.15) is 47.3 Å². The molecule has 1 unspecified atom stereocenters. The summed E-state index contributed by atoms with van der Waals surface area (Å²) in [4.78, 5) is 36.4. The van der Waals surface area contributed by atoms with E-state index in [0.29, 0.717) is 30.8 Å². The predicted octanol–water partition coefficient (Wildman–Crippen LogP) is 5.67. The first-order valence-electron chi connectivity index (χ1n) is 13.5. The van der Waals surface area contributed by atoms with Crippen LogP contribution in [0.15, 0.2) is 61.2 Å². The fourth-order valence-electron chi connectivity index (χ4n) is 5.69. The minimum absolute atomic E-state index is 0.0153. The number of imidazole rings is 1. The van der Waals surface area contributed by atoms with E-state index in [0.717, 1.165) is 24.3 Å². The largest absolute Gasteiger partial charge is 0.416 e. The second-order valence-electron chi connectivity index (χ2n) is 10.9. The lowest BCUT2D eigenvalue weighted by Gasteiger charge is -2.54. The molecule has 1 aromatic heterocycles. The summed E-state index contributed by atoms with van der Waals surface area (Å²) in [5.74, 6) is -1.46. The van der Waals surface area contributed by atoms with Crippen LogP contribution in [0, 0.1) is 5.92 Å². The third kappa shape index (κ3) is 5.68. The average Bonchev–Trinajstić information content (AvgIpc) is 3.44. The Kier molecular flexibility index (Phi) is 7.71. The molecule has 2 aliphatic rings. The molecule has 3 heterocycles. The van der Waals surface area contributed by atoms with Crippen molar-refractivity contribution in [3.8, 4) is 0 Å². The van der Waals surface area contributed by atoms with Crippen molar-refractivity contribution in [1.82, 2.24) is 19.4 Å². The lowest BCUT2D eigenvalue weighted by Crippen LogP contribution is -2.71. The third-order valence-corrected chi connectivity index (χ3v) is 7.69. The number of carbonyl (C=O) groups excluding carboxylic acids is 2. The minimum Gasteiger partial charge on any atom is -0.349 e. The molecule has 0 radical (unpaired) electrons. The quantitative estimate of drug-likeness (QED) is 0.332. The number of benzene rings is 2. The minimum atomic E-state index is -4.66. The molecule has 5 rings (SSSR count). The van der Waals surface area contributed by atoms with Crippen molar-refractivity contribution in [3.05, 3.63) is 83.4 Å². The van der Waals surface area contributed by atoms with Crippen LogP contribution in [-0.2, 0) is 30.2 Å². The molecule has 42 heavy (non-hydrogen) atoms. The number of anilines is 1. The third-order valence-electron chi connectivity index (χ3n) is 7.69. The Morgan fingerprint density at radius 3 is 2.19 bits per heavy atom. The highest BCUT2D eigenvalue weighted by Crippen LogP contribution is 2.40. The van der Waals surface area contributed by atoms with Crippen molar-refractivity contribution in [3.63, 3.8) is 0 Å². The van der Waals surface area contributed by atoms with Gasteiger partial charge in [-0.05, 0) is 48.2 Å². The molecule has 2 atom stereocenters. The van der Waals surface area contributed by atoms with E-state index in [4.69, 9.17) is 0 Å². The smallest absolute Gasteiger partial charge is 0.349 e. The maximum Gasteiger partial charge on any atom is 0.416 e. The number of halogens is 6. The first kappa shape index (κ1) is 29.5. The van der Waals surface area contributed by atoms with Gasteiger partial charge in [0.1, 0.15) is 12.2 Å². The summed E-state index contributed by atoms with van der Waals surface area (Å²) >= 11 is 0. The van der Waals surface area contributed by atoms with Crippen LogP contribution in [0.5, 0.6) is 0 Å². The van der Waals surface area contributed by atoms with Gasteiger partial charge in [0.25, 0.3) is 5.91 Å². The van der Waals surface area contributed by atoms with E-state index >= 15 is 0 Å². The van der Waals surface area contributed by atoms with Gasteiger partial charge in [0, 0.05) is 32.0 Å². The Labute approximate surface area is 238 Å². The second kappa shape index (κ2) is 11.0. The number of fused-ring (bicyclic) bond motifs is 2. The van der Waals surface area contributed by atoms with Crippen molar-refractivity contribution in [2.45, 2.75) is 57.9 Å². The Balaban J connectivity index is 1.51. The van der Waals surface area contributed by atoms with E-state index in [1.54, 1.807) is 32.6 Å². The fourth-order valence-corrected chi connectivity index (χ4v) is 5.69. The summed E-state index contributed by atoms with van der Waals surface area (Å²) < 4.78 is 81.9. The number of hydrogen-bond acceptors (Lipinski definition) is 4. The van der Waals surface area contributed by atoms with Crippen molar-refractivity contribution in [1.29, 1.82) is 0 Å². The standard InChI is InChI=1S/C29H29F6N5O2/c1-18(2)25-27(42)38(15-19-4-6-20(7-5-19)28(30,31)32)16-24-39(12-3-11-37-13-10-36-17-37)23-9-8-21(29(33,34)35)14-22(23)26(41)40(24)25/h4-10,13-14,17-18,24-25H,3,11-12,15-16H2,1-2H3/t24?,25-/m0/s1. The van der Waals surface area contributed by atoms with Gasteiger partial charge in [0.05, 0.1) is 35.2 Å². The highest BCUT2D eigenvalue weighted by atomic mass is 19.4. The molecule has 0 bridgehead atoms. The van der Waals surface area contributed by atoms with Gasteiger partial charge in [0.15, 0.2) is 0 Å². The molecule has 13 heteroatoms. The molecular weight excluding hydrogens is 564 g/mol. The maximum absolute atomic E-state index is 13.8. The van der Waals surface area contributed by atoms with Gasteiger partial charge in [-0.25, -0.2) is 4.98 Å². The van der Waals surface area contributed by atoms with E-state index in [1.165, 1.54) is 28.0 Å². The molecule has 2 amide bonds. The topological polar surface area (TPSA) is 61.7 Å². The summed E-state index contributed by atoms with van der Waals surface area (Å²) in [5.41, 5.74) is -1.07. The Morgan fingerprint density at radius 1 is 0.929 bits per heavy atom. The molecule has 0 saturated carbocycles. The fraction of sp³-hybridized carbons (Fsp3) is 0.414. The highest BCUT2D eigenvalue weighted by Gasteiger charge is 2.50. The summed E-state index contributed by atoms with van der Waals surface area (Å²) in [7, 11) is 0. The molecule has 1 fully saturated rings. The summed E-state index contributed by atoms with van der Waals surface area (Å²) in [6.07, 6.45) is -4.22. The SMILES string of the molecule is CC(C)[C@H]1C(=O)N(Cc2ccc(C(F)(F)F)cc2)CC2N(CCCn3ccnc3)c3ccc(C(F)(F)F)cc3C(=O)N21. The molecule has 224 valence electrons. The van der Waals surface area contributed by atoms with Crippen LogP contribution in [0.4, 0.5) is 32.0 Å². The maximum atomic E-state index is 13.8. The second-order valence-corrected chi connectivity index (χ2v) is 10.9. The van der Waals surface area contributed by atoms with Crippen LogP contribution < -0.4 is 4.90 Å². The monoisotopic (exact) mass is 593 g/mol. The molecule has 2 aliphatic heterocycles. The van der Waals surface area contributed by atoms with Gasteiger partial charge in [-0.3, -0.25) is 9.59 Å². The number of aromatic nitrogens is 2. The van der Waals surface area contributed by atoms with Gasteiger partial charge >= 0.3 is 12.4 Å². The molecule has 1 saturated heterocycles. The number of rotatable bonds is 7. The zero-order chi connectivity index (χ0) is 30.4. The van der Waals surface area contributed by atoms with Crippen LogP contribution in [0.3, 0.4) is 0 Å². The summed E-state index contributed by atoms with van der Waals surface area (Å²) in [6, 6.07) is 6.64. The van der Waals surface area contributed by atoms with E-state index in [9.17, 15) is 35.9 Å². The van der Waals surface area contributed by atoms with Crippen LogP contribution in [0.2, 0.25) is 0 Å². The van der Waals surface area contributed by atoms with E-state index in [-0.39, 0.29) is 24.6 Å². The lowest BCUT2D eigenvalue weighted by atomic mass is 9.92. The number of amides is 2. The number of carbonyl (C=O) groups is 2. The van der Waals surface area contributed by atoms with E-state index in [1.807, 2.05) is 9.47 Å². The molecule has 0 spiro atoms. The van der Waals surface area contributed by atoms with E-state index < -0.39 is 47.5 Å². The van der Waals surface area contributed by atoms with Crippen molar-refractivity contribution in [2.24, 2.45) is 5.92 Å². The highest BCUT2D eigenvalue weighted by molar-refractivity contribution is 6.05. The summed E-state index contributed by atoms with van der Waals surface area (Å²) in [5, 5.41) is 0. The first-order chi connectivity index (χ1) is 19.8. The van der Waals surface area contributed by atoms with Crippen LogP contribution in [-0.4, -0.2) is 56.5 Å². The normalized spacial score (nSPS) is 19.4. The Bertz CT molecular complexity index is 1440. The Morgan fingerprint density at radius 2 is 1.60 bits per heavy atom. The average molecular weight is 594 g/mol. The first-order valence-corrected chi connectivity index (χ1v) is 13.5. The van der Waals surface area contributed by atoms with Crippen molar-refractivity contribution in [2.75, 3.05) is 18.0 Å². The number of hydrogen-bond donors (Lipinski definition) is 0. The van der Waals surface area contributed by atoms with Gasteiger partial charge in [0.2, 0.25) is 5.91 Å². The summed E-state index contributed by atoms with van der Waals surface area (Å²) in [6.45, 7) is 4.47.